The quantitative estimate of drug-likeness (QED) is 0.634. The van der Waals surface area contributed by atoms with Crippen LogP contribution in [0.4, 0.5) is 13.2 Å². The van der Waals surface area contributed by atoms with E-state index < -0.39 is 66.8 Å². The van der Waals surface area contributed by atoms with E-state index in [1.807, 2.05) is 0 Å². The third kappa shape index (κ3) is 4.09. The molecule has 0 saturated carbocycles. The van der Waals surface area contributed by atoms with E-state index in [4.69, 9.17) is 0 Å². The van der Waals surface area contributed by atoms with Crippen molar-refractivity contribution in [2.24, 2.45) is 0 Å². The van der Waals surface area contributed by atoms with Crippen molar-refractivity contribution in [3.8, 4) is 0 Å². The summed E-state index contributed by atoms with van der Waals surface area (Å²) in [6, 6.07) is 7.85. The highest BCUT2D eigenvalue weighted by atomic mass is 32.2. The zero-order valence-electron chi connectivity index (χ0n) is 16.6. The van der Waals surface area contributed by atoms with Crippen LogP contribution < -0.4 is 0 Å². The van der Waals surface area contributed by atoms with E-state index in [0.717, 1.165) is 26.8 Å². The second-order valence-electron chi connectivity index (χ2n) is 7.43. The van der Waals surface area contributed by atoms with E-state index in [0.29, 0.717) is 11.8 Å². The number of halogens is 3. The minimum atomic E-state index is -5.89. The number of hydrogen-bond acceptors (Lipinski definition) is 6. The van der Waals surface area contributed by atoms with Crippen LogP contribution in [0.25, 0.3) is 0 Å². The Morgan fingerprint density at radius 3 is 1.90 bits per heavy atom. The van der Waals surface area contributed by atoms with Gasteiger partial charge in [-0.05, 0) is 37.5 Å². The van der Waals surface area contributed by atoms with Crippen LogP contribution in [-0.2, 0) is 35.3 Å². The molecule has 0 radical (unpaired) electrons. The highest BCUT2D eigenvalue weighted by Gasteiger charge is 2.57. The van der Waals surface area contributed by atoms with Crippen molar-refractivity contribution >= 4 is 29.5 Å². The van der Waals surface area contributed by atoms with Gasteiger partial charge in [-0.25, -0.2) is 25.3 Å². The first-order valence-electron chi connectivity index (χ1n) is 8.53. The minimum Gasteiger partial charge on any atom is -0.228 e. The summed E-state index contributed by atoms with van der Waals surface area (Å²) in [6.07, 6.45) is 1.48. The zero-order valence-corrected chi connectivity index (χ0v) is 19.0. The molecule has 6 nitrogen and oxygen atoms in total. The van der Waals surface area contributed by atoms with Gasteiger partial charge in [-0.15, -0.1) is 0 Å². The van der Waals surface area contributed by atoms with Crippen LogP contribution in [0.1, 0.15) is 26.3 Å². The number of allylic oxidation sites excluding steroid dienone is 1. The van der Waals surface area contributed by atoms with Gasteiger partial charge < -0.3 is 0 Å². The van der Waals surface area contributed by atoms with Crippen molar-refractivity contribution in [2.75, 3.05) is 6.26 Å². The number of hydrogen-bond donors (Lipinski definition) is 0. The van der Waals surface area contributed by atoms with E-state index in [1.54, 1.807) is 18.2 Å². The van der Waals surface area contributed by atoms with Crippen LogP contribution >= 0.6 is 0 Å². The minimum absolute atomic E-state index is 0.354. The summed E-state index contributed by atoms with van der Waals surface area (Å²) >= 11 is 0. The molecule has 30 heavy (non-hydrogen) atoms. The highest BCUT2D eigenvalue weighted by molar-refractivity contribution is 7.97. The Morgan fingerprint density at radius 1 is 0.967 bits per heavy atom. The summed E-state index contributed by atoms with van der Waals surface area (Å²) in [5.41, 5.74) is -6.46. The monoisotopic (exact) mass is 486 g/mol. The number of rotatable bonds is 5. The van der Waals surface area contributed by atoms with E-state index in [2.05, 4.69) is 0 Å². The summed E-state index contributed by atoms with van der Waals surface area (Å²) in [7, 11) is -14.5. The van der Waals surface area contributed by atoms with E-state index in [-0.39, 0.29) is 0 Å². The Hall–Kier alpha value is -1.66. The smallest absolute Gasteiger partial charge is 0.228 e. The molecular weight excluding hydrogens is 465 g/mol. The van der Waals surface area contributed by atoms with Crippen molar-refractivity contribution in [2.45, 2.75) is 42.0 Å². The molecule has 0 N–H and O–H groups in total. The number of alkyl halides is 3. The molecule has 0 bridgehead atoms. The Morgan fingerprint density at radius 2 is 1.47 bits per heavy atom. The summed E-state index contributed by atoms with van der Waals surface area (Å²) in [6.45, 7) is 3.02. The van der Waals surface area contributed by atoms with Crippen molar-refractivity contribution in [1.29, 1.82) is 0 Å². The van der Waals surface area contributed by atoms with E-state index in [9.17, 15) is 38.4 Å². The molecule has 2 unspecified atom stereocenters. The summed E-state index contributed by atoms with van der Waals surface area (Å²) in [5, 5.41) is -2.01. The van der Waals surface area contributed by atoms with Crippen LogP contribution in [0.2, 0.25) is 0 Å². The van der Waals surface area contributed by atoms with Crippen molar-refractivity contribution in [3.63, 3.8) is 0 Å². The lowest BCUT2D eigenvalue weighted by Crippen LogP contribution is -2.52. The van der Waals surface area contributed by atoms with Crippen LogP contribution in [0.5, 0.6) is 0 Å². The van der Waals surface area contributed by atoms with Gasteiger partial charge in [-0.3, -0.25) is 0 Å². The molecule has 0 saturated heterocycles. The van der Waals surface area contributed by atoms with Crippen molar-refractivity contribution in [3.05, 3.63) is 58.0 Å². The van der Waals surface area contributed by atoms with Gasteiger partial charge in [0.25, 0.3) is 9.84 Å². The standard InChI is InChI=1S/C18H21F3O6S3/c1-12-10-17(3,29(24,25)11-14-8-6-5-7-9-14)16(28(4,22)23)13(2)15(12)30(26,27)18(19,20)21/h5-10,16H,11H2,1-4H3. The Kier molecular flexibility index (Phi) is 6.14. The van der Waals surface area contributed by atoms with Crippen LogP contribution in [0.3, 0.4) is 0 Å². The third-order valence-electron chi connectivity index (χ3n) is 5.00. The van der Waals surface area contributed by atoms with Gasteiger partial charge in [-0.1, -0.05) is 36.4 Å². The first-order valence-corrected chi connectivity index (χ1v) is 13.6. The van der Waals surface area contributed by atoms with Gasteiger partial charge in [0.05, 0.1) is 10.7 Å². The van der Waals surface area contributed by atoms with E-state index >= 15 is 0 Å². The molecule has 1 aliphatic rings. The fourth-order valence-corrected chi connectivity index (χ4v) is 9.69. The highest BCUT2D eigenvalue weighted by Crippen LogP contribution is 2.46. The molecule has 0 heterocycles. The van der Waals surface area contributed by atoms with Gasteiger partial charge in [0.15, 0.2) is 19.7 Å². The lowest BCUT2D eigenvalue weighted by Gasteiger charge is -2.39. The topological polar surface area (TPSA) is 102 Å². The molecule has 12 heteroatoms. The maximum atomic E-state index is 13.3. The number of sulfone groups is 3. The zero-order chi connectivity index (χ0) is 23.3. The normalized spacial score (nSPS) is 24.0. The van der Waals surface area contributed by atoms with Crippen molar-refractivity contribution < 1.29 is 38.4 Å². The largest absolute Gasteiger partial charge is 0.501 e. The SMILES string of the molecule is CC1=CC(C)(S(=O)(=O)Cc2ccccc2)C(S(C)(=O)=O)C(C)=C1S(=O)(=O)C(F)(F)F. The molecule has 0 aromatic heterocycles. The summed E-state index contributed by atoms with van der Waals surface area (Å²) in [5.74, 6) is -0.575. The fourth-order valence-electron chi connectivity index (χ4n) is 3.92. The maximum Gasteiger partial charge on any atom is 0.501 e. The average Bonchev–Trinajstić information content (AvgIpc) is 2.51. The van der Waals surface area contributed by atoms with Gasteiger partial charge in [0, 0.05) is 6.26 Å². The van der Waals surface area contributed by atoms with Gasteiger partial charge in [0.1, 0.15) is 10.00 Å². The molecule has 2 atom stereocenters. The Balaban J connectivity index is 2.81. The van der Waals surface area contributed by atoms with Crippen LogP contribution in [0.15, 0.2) is 52.5 Å². The first kappa shape index (κ1) is 24.6. The Labute approximate surface area is 174 Å². The van der Waals surface area contributed by atoms with Crippen LogP contribution in [-0.4, -0.2) is 47.0 Å². The molecule has 0 fully saturated rings. The fraction of sp³-hybridized carbons (Fsp3) is 0.444. The molecule has 0 aliphatic heterocycles. The molecule has 0 spiro atoms. The summed E-state index contributed by atoms with van der Waals surface area (Å²) < 4.78 is 113. The average molecular weight is 487 g/mol. The third-order valence-corrected chi connectivity index (χ3v) is 11.1. The van der Waals surface area contributed by atoms with Gasteiger partial charge in [-0.2, -0.15) is 13.2 Å². The number of benzene rings is 1. The van der Waals surface area contributed by atoms with Crippen LogP contribution in [0, 0.1) is 0 Å². The first-order chi connectivity index (χ1) is 13.4. The van der Waals surface area contributed by atoms with Crippen molar-refractivity contribution in [1.82, 2.24) is 0 Å². The predicted octanol–water partition coefficient (Wildman–Crippen LogP) is 2.94. The lowest BCUT2D eigenvalue weighted by atomic mass is 9.91. The Bertz CT molecular complexity index is 1230. The maximum absolute atomic E-state index is 13.3. The lowest BCUT2D eigenvalue weighted by molar-refractivity contribution is -0.0426. The second kappa shape index (κ2) is 7.49. The van der Waals surface area contributed by atoms with Gasteiger partial charge in [0.2, 0.25) is 0 Å². The molecule has 1 aromatic rings. The molecule has 1 aromatic carbocycles. The predicted molar refractivity (Wildman–Crippen MR) is 108 cm³/mol. The van der Waals surface area contributed by atoms with E-state index in [1.165, 1.54) is 12.1 Å². The van der Waals surface area contributed by atoms with Gasteiger partial charge >= 0.3 is 5.51 Å². The molecule has 1 aliphatic carbocycles. The molecule has 0 amide bonds. The molecule has 2 rings (SSSR count). The summed E-state index contributed by atoms with van der Waals surface area (Å²) in [4.78, 5) is -1.21. The molecular formula is C18H21F3O6S3. The second-order valence-corrected chi connectivity index (χ2v) is 13.8. The molecule has 168 valence electrons.